The molecule has 25 heavy (non-hydrogen) atoms. The maximum atomic E-state index is 12.7. The van der Waals surface area contributed by atoms with Gasteiger partial charge in [0.1, 0.15) is 6.04 Å². The number of fused-ring (bicyclic) bond motifs is 1. The lowest BCUT2D eigenvalue weighted by Gasteiger charge is -2.16. The zero-order chi connectivity index (χ0) is 17.8. The Balaban J connectivity index is 1.84. The molecule has 1 aromatic heterocycles. The normalized spacial score (nSPS) is 11.9. The number of nitrogens with two attached hydrogens (primary N) is 1. The molecule has 0 spiro atoms. The topological polar surface area (TPSA) is 85.1 Å². The maximum Gasteiger partial charge on any atom is 0.252 e. The van der Waals surface area contributed by atoms with Crippen LogP contribution in [0.1, 0.15) is 15.9 Å². The van der Waals surface area contributed by atoms with E-state index in [-0.39, 0.29) is 5.91 Å². The molecule has 0 fully saturated rings. The molecule has 3 aromatic rings. The van der Waals surface area contributed by atoms with E-state index in [0.717, 1.165) is 20.0 Å². The number of hydrogen-bond donors (Lipinski definition) is 2. The Morgan fingerprint density at radius 1 is 1.12 bits per heavy atom. The van der Waals surface area contributed by atoms with Gasteiger partial charge in [0.25, 0.3) is 5.91 Å². The van der Waals surface area contributed by atoms with Crippen molar-refractivity contribution < 1.29 is 9.59 Å². The van der Waals surface area contributed by atoms with Crippen LogP contribution in [-0.2, 0) is 11.2 Å². The summed E-state index contributed by atoms with van der Waals surface area (Å²) in [6.45, 7) is 0. The zero-order valence-corrected chi connectivity index (χ0v) is 15.4. The van der Waals surface area contributed by atoms with Gasteiger partial charge in [0.15, 0.2) is 0 Å². The van der Waals surface area contributed by atoms with Crippen LogP contribution in [0.5, 0.6) is 0 Å². The summed E-state index contributed by atoms with van der Waals surface area (Å²) in [5, 5.41) is 3.49. The van der Waals surface area contributed by atoms with Crippen molar-refractivity contribution in [2.24, 2.45) is 5.73 Å². The maximum absolute atomic E-state index is 12.7. The Labute approximate surface area is 158 Å². The summed E-state index contributed by atoms with van der Waals surface area (Å²) in [7, 11) is 0. The van der Waals surface area contributed by atoms with Crippen molar-refractivity contribution in [3.63, 3.8) is 0 Å². The van der Waals surface area contributed by atoms with Gasteiger partial charge in [-0.25, -0.2) is 0 Å². The van der Waals surface area contributed by atoms with Crippen molar-refractivity contribution >= 4 is 45.3 Å². The van der Waals surface area contributed by atoms with Crippen LogP contribution in [0.2, 0.25) is 0 Å². The van der Waals surface area contributed by atoms with Crippen molar-refractivity contribution in [3.8, 4) is 0 Å². The van der Waals surface area contributed by atoms with Crippen molar-refractivity contribution in [1.29, 1.82) is 0 Å². The molecular weight excluding hydrogens is 429 g/mol. The molecular formula is C19H16IN3O2. The number of benzene rings is 2. The molecule has 2 amide bonds. The number of para-hydroxylation sites is 1. The molecule has 1 heterocycles. The molecule has 0 aliphatic carbocycles. The first-order valence-electron chi connectivity index (χ1n) is 7.73. The number of carbonyl (C=O) groups is 2. The van der Waals surface area contributed by atoms with Crippen molar-refractivity contribution in [1.82, 2.24) is 10.3 Å². The van der Waals surface area contributed by atoms with E-state index in [1.807, 2.05) is 48.5 Å². The molecule has 3 rings (SSSR count). The number of pyridine rings is 1. The third kappa shape index (κ3) is 4.14. The second-order valence-electron chi connectivity index (χ2n) is 5.64. The van der Waals surface area contributed by atoms with Gasteiger partial charge in [-0.15, -0.1) is 0 Å². The monoisotopic (exact) mass is 445 g/mol. The number of nitrogens with one attached hydrogen (secondary N) is 1. The van der Waals surface area contributed by atoms with Gasteiger partial charge in [-0.05, 0) is 52.4 Å². The fourth-order valence-corrected chi connectivity index (χ4v) is 3.26. The standard InChI is InChI=1S/C19H16IN3O2/c20-13-5-3-4-12(10-13)11-17(18(21)24)23-19(25)15-8-9-22-16-7-2-1-6-14(15)16/h1-10,17H,11H2,(H2,21,24)(H,23,25)/t17-/m1/s1. The van der Waals surface area contributed by atoms with Gasteiger partial charge in [0.05, 0.1) is 11.1 Å². The molecule has 0 radical (unpaired) electrons. The van der Waals surface area contributed by atoms with Gasteiger partial charge < -0.3 is 11.1 Å². The highest BCUT2D eigenvalue weighted by atomic mass is 127. The van der Waals surface area contributed by atoms with E-state index < -0.39 is 11.9 Å². The van der Waals surface area contributed by atoms with Crippen molar-refractivity contribution in [2.45, 2.75) is 12.5 Å². The number of rotatable bonds is 5. The van der Waals surface area contributed by atoms with Crippen LogP contribution in [-0.4, -0.2) is 22.8 Å². The first kappa shape index (κ1) is 17.3. The average molecular weight is 445 g/mol. The van der Waals surface area contributed by atoms with Gasteiger partial charge in [-0.3, -0.25) is 14.6 Å². The third-order valence-electron chi connectivity index (χ3n) is 3.87. The van der Waals surface area contributed by atoms with E-state index in [4.69, 9.17) is 5.73 Å². The summed E-state index contributed by atoms with van der Waals surface area (Å²) in [6, 6.07) is 16.0. The van der Waals surface area contributed by atoms with Gasteiger partial charge in [-0.1, -0.05) is 30.3 Å². The molecule has 2 aromatic carbocycles. The molecule has 3 N–H and O–H groups in total. The Hall–Kier alpha value is -2.48. The number of hydrogen-bond acceptors (Lipinski definition) is 3. The molecule has 1 atom stereocenters. The second-order valence-corrected chi connectivity index (χ2v) is 6.88. The number of primary amides is 1. The molecule has 0 bridgehead atoms. The highest BCUT2D eigenvalue weighted by molar-refractivity contribution is 14.1. The molecule has 0 aliphatic heterocycles. The first-order valence-corrected chi connectivity index (χ1v) is 8.81. The van der Waals surface area contributed by atoms with Gasteiger partial charge in [-0.2, -0.15) is 0 Å². The number of nitrogens with zero attached hydrogens (tertiary/aromatic N) is 1. The Morgan fingerprint density at radius 3 is 2.68 bits per heavy atom. The largest absolute Gasteiger partial charge is 0.368 e. The lowest BCUT2D eigenvalue weighted by Crippen LogP contribution is -2.45. The average Bonchev–Trinajstić information content (AvgIpc) is 2.60. The molecule has 0 unspecified atom stereocenters. The second kappa shape index (κ2) is 7.60. The smallest absolute Gasteiger partial charge is 0.252 e. The Bertz CT molecular complexity index is 937. The lowest BCUT2D eigenvalue weighted by atomic mass is 10.0. The summed E-state index contributed by atoms with van der Waals surface area (Å²) < 4.78 is 1.06. The molecule has 126 valence electrons. The molecule has 0 saturated carbocycles. The zero-order valence-electron chi connectivity index (χ0n) is 13.3. The minimum atomic E-state index is -0.780. The van der Waals surface area contributed by atoms with E-state index in [1.54, 1.807) is 12.3 Å². The van der Waals surface area contributed by atoms with Crippen LogP contribution in [0.15, 0.2) is 60.8 Å². The first-order chi connectivity index (χ1) is 12.0. The summed E-state index contributed by atoms with van der Waals surface area (Å²) in [6.07, 6.45) is 1.93. The SMILES string of the molecule is NC(=O)[C@@H](Cc1cccc(I)c1)NC(=O)c1ccnc2ccccc12. The van der Waals surface area contributed by atoms with Crippen LogP contribution in [0.3, 0.4) is 0 Å². The van der Waals surface area contributed by atoms with E-state index in [2.05, 4.69) is 32.9 Å². The number of amides is 2. The van der Waals surface area contributed by atoms with Crippen LogP contribution in [0, 0.1) is 3.57 Å². The van der Waals surface area contributed by atoms with Crippen molar-refractivity contribution in [2.75, 3.05) is 0 Å². The summed E-state index contributed by atoms with van der Waals surface area (Å²) in [5.41, 5.74) is 7.63. The number of aromatic nitrogens is 1. The highest BCUT2D eigenvalue weighted by Gasteiger charge is 2.20. The highest BCUT2D eigenvalue weighted by Crippen LogP contribution is 2.16. The van der Waals surface area contributed by atoms with E-state index in [9.17, 15) is 9.59 Å². The predicted molar refractivity (Wildman–Crippen MR) is 105 cm³/mol. The van der Waals surface area contributed by atoms with Gasteiger partial charge >= 0.3 is 0 Å². The minimum Gasteiger partial charge on any atom is -0.368 e. The van der Waals surface area contributed by atoms with E-state index in [1.165, 1.54) is 0 Å². The van der Waals surface area contributed by atoms with Gasteiger partial charge in [0, 0.05) is 21.6 Å². The molecule has 0 aliphatic rings. The van der Waals surface area contributed by atoms with E-state index in [0.29, 0.717) is 12.0 Å². The quantitative estimate of drug-likeness (QED) is 0.593. The summed E-state index contributed by atoms with van der Waals surface area (Å²) in [4.78, 5) is 28.7. The van der Waals surface area contributed by atoms with E-state index >= 15 is 0 Å². The molecule has 0 saturated heterocycles. The van der Waals surface area contributed by atoms with Crippen LogP contribution in [0.4, 0.5) is 0 Å². The Morgan fingerprint density at radius 2 is 1.92 bits per heavy atom. The van der Waals surface area contributed by atoms with Crippen LogP contribution < -0.4 is 11.1 Å². The van der Waals surface area contributed by atoms with Crippen LogP contribution in [0.25, 0.3) is 10.9 Å². The third-order valence-corrected chi connectivity index (χ3v) is 4.54. The van der Waals surface area contributed by atoms with Crippen molar-refractivity contribution in [3.05, 3.63) is 75.5 Å². The number of halogens is 1. The minimum absolute atomic E-state index is 0.340. The lowest BCUT2D eigenvalue weighted by molar-refractivity contribution is -0.119. The van der Waals surface area contributed by atoms with Gasteiger partial charge in [0.2, 0.25) is 5.91 Å². The molecule has 5 nitrogen and oxygen atoms in total. The summed E-state index contributed by atoms with van der Waals surface area (Å²) >= 11 is 2.20. The Kier molecular flexibility index (Phi) is 5.28. The number of carbonyl (C=O) groups excluding carboxylic acids is 2. The predicted octanol–water partition coefficient (Wildman–Crippen LogP) is 2.67. The van der Waals surface area contributed by atoms with Crippen LogP contribution >= 0.6 is 22.6 Å². The summed E-state index contributed by atoms with van der Waals surface area (Å²) in [5.74, 6) is -0.904. The fourth-order valence-electron chi connectivity index (χ4n) is 2.65. The molecule has 6 heteroatoms. The fraction of sp³-hybridized carbons (Fsp3) is 0.105.